The zero-order chi connectivity index (χ0) is 20.3. The monoisotopic (exact) mass is 395 g/mol. The van der Waals surface area contributed by atoms with E-state index in [0.29, 0.717) is 6.54 Å². The van der Waals surface area contributed by atoms with Gasteiger partial charge in [-0.25, -0.2) is 4.79 Å². The second-order valence-electron chi connectivity index (χ2n) is 7.03. The number of rotatable bonds is 7. The smallest absolute Gasteiger partial charge is 0.335 e. The first-order valence-electron chi connectivity index (χ1n) is 9.01. The molecule has 2 saturated heterocycles. The molecule has 9 atom stereocenters. The van der Waals surface area contributed by atoms with Gasteiger partial charge in [0.25, 0.3) is 0 Å². The number of unbranched alkanes of at least 4 members (excludes halogenated alkanes) is 1. The quantitative estimate of drug-likeness (QED) is 0.227. The number of aliphatic carboxylic acids is 1. The Balaban J connectivity index is 2.05. The summed E-state index contributed by atoms with van der Waals surface area (Å²) in [5, 5.41) is 68.6. The van der Waals surface area contributed by atoms with Crippen molar-refractivity contribution < 1.29 is 50.0 Å². The largest absolute Gasteiger partial charge is 0.479 e. The maximum Gasteiger partial charge on any atom is 0.335 e. The molecule has 2 fully saturated rings. The lowest BCUT2D eigenvalue weighted by atomic mass is 9.94. The van der Waals surface area contributed by atoms with Crippen molar-refractivity contribution in [1.82, 2.24) is 4.90 Å². The van der Waals surface area contributed by atoms with Crippen molar-refractivity contribution in [2.45, 2.75) is 74.8 Å². The van der Waals surface area contributed by atoms with Gasteiger partial charge < -0.3 is 45.2 Å². The Morgan fingerprint density at radius 1 is 1.04 bits per heavy atom. The molecular formula is C16H29NO10. The highest BCUT2D eigenvalue weighted by Gasteiger charge is 2.48. The molecule has 2 aliphatic rings. The van der Waals surface area contributed by atoms with E-state index in [2.05, 4.69) is 0 Å². The summed E-state index contributed by atoms with van der Waals surface area (Å²) in [6.45, 7) is 2.35. The molecular weight excluding hydrogens is 366 g/mol. The maximum absolute atomic E-state index is 11.1. The van der Waals surface area contributed by atoms with Crippen LogP contribution in [0.5, 0.6) is 0 Å². The van der Waals surface area contributed by atoms with Crippen LogP contribution in [0.15, 0.2) is 0 Å². The van der Waals surface area contributed by atoms with Crippen molar-refractivity contribution >= 4 is 5.97 Å². The van der Waals surface area contributed by atoms with Crippen LogP contribution < -0.4 is 0 Å². The average molecular weight is 395 g/mol. The van der Waals surface area contributed by atoms with Gasteiger partial charge in [-0.3, -0.25) is 4.90 Å². The van der Waals surface area contributed by atoms with E-state index in [4.69, 9.17) is 14.6 Å². The summed E-state index contributed by atoms with van der Waals surface area (Å²) >= 11 is 0. The molecule has 0 aromatic rings. The fourth-order valence-corrected chi connectivity index (χ4v) is 3.36. The Kier molecular flexibility index (Phi) is 7.92. The molecule has 2 rings (SSSR count). The zero-order valence-electron chi connectivity index (χ0n) is 15.0. The molecule has 0 radical (unpaired) electrons. The predicted molar refractivity (Wildman–Crippen MR) is 88.6 cm³/mol. The van der Waals surface area contributed by atoms with Crippen molar-refractivity contribution in [3.63, 3.8) is 0 Å². The number of piperidine rings is 1. The van der Waals surface area contributed by atoms with Crippen LogP contribution in [0.3, 0.4) is 0 Å². The van der Waals surface area contributed by atoms with Gasteiger partial charge in [0.1, 0.15) is 30.5 Å². The normalized spacial score (nSPS) is 43.6. The van der Waals surface area contributed by atoms with E-state index in [-0.39, 0.29) is 13.2 Å². The lowest BCUT2D eigenvalue weighted by Crippen LogP contribution is -2.64. The van der Waals surface area contributed by atoms with Crippen molar-refractivity contribution in [3.05, 3.63) is 0 Å². The standard InChI is InChI=1S/C16H29NO10/c1-2-3-4-17-5-8(18)10(20)9(19)7(17)6-26-16-13(23)11(21)12(22)14(27-16)15(24)25/h7-14,16,18-23H,2-6H2,1H3,(H,24,25)/t7-,8+,9-,10-,11+,12+,13-,14+,16-/m1/s1. The molecule has 0 bridgehead atoms. The molecule has 0 saturated carbocycles. The molecule has 0 aromatic heterocycles. The predicted octanol–water partition coefficient (Wildman–Crippen LogP) is -3.54. The molecule has 11 heteroatoms. The number of carboxylic acids is 1. The third kappa shape index (κ3) is 4.94. The molecule has 0 amide bonds. The Bertz CT molecular complexity index is 494. The number of aliphatic hydroxyl groups excluding tert-OH is 6. The first-order chi connectivity index (χ1) is 12.7. The van der Waals surface area contributed by atoms with Crippen molar-refractivity contribution in [2.75, 3.05) is 19.7 Å². The van der Waals surface area contributed by atoms with Crippen LogP contribution in [-0.4, -0.2) is 121 Å². The number of likely N-dealkylation sites (tertiary alicyclic amines) is 1. The number of carbonyl (C=O) groups is 1. The highest BCUT2D eigenvalue weighted by molar-refractivity contribution is 5.73. The SMILES string of the molecule is CCCCN1C[C@H](O)[C@@H](O)[C@H](O)[C@H]1CO[C@@H]1O[C@H](C(=O)O)[C@@H](O)[C@H](O)[C@H]1O. The van der Waals surface area contributed by atoms with Crippen LogP contribution in [0.2, 0.25) is 0 Å². The number of β-amino-alcohol motifs (C(OH)–C–C–N with tert-alkyl or cyclic N) is 1. The highest BCUT2D eigenvalue weighted by atomic mass is 16.7. The molecule has 0 aromatic carbocycles. The van der Waals surface area contributed by atoms with Gasteiger partial charge in [0.15, 0.2) is 12.4 Å². The fourth-order valence-electron chi connectivity index (χ4n) is 3.36. The second-order valence-corrected chi connectivity index (χ2v) is 7.03. The van der Waals surface area contributed by atoms with Gasteiger partial charge >= 0.3 is 5.97 Å². The molecule has 11 nitrogen and oxygen atoms in total. The molecule has 0 aliphatic carbocycles. The van der Waals surface area contributed by atoms with Crippen LogP contribution in [0.4, 0.5) is 0 Å². The topological polar surface area (TPSA) is 180 Å². The Morgan fingerprint density at radius 3 is 2.30 bits per heavy atom. The van der Waals surface area contributed by atoms with E-state index < -0.39 is 61.0 Å². The number of hydrogen-bond donors (Lipinski definition) is 7. The maximum atomic E-state index is 11.1. The Morgan fingerprint density at radius 2 is 1.70 bits per heavy atom. The van der Waals surface area contributed by atoms with Crippen molar-refractivity contribution in [3.8, 4) is 0 Å². The van der Waals surface area contributed by atoms with E-state index in [1.54, 1.807) is 4.90 Å². The third-order valence-electron chi connectivity index (χ3n) is 5.07. The fraction of sp³-hybridized carbons (Fsp3) is 0.938. The van der Waals surface area contributed by atoms with Gasteiger partial charge in [0.2, 0.25) is 0 Å². The van der Waals surface area contributed by atoms with E-state index in [9.17, 15) is 35.4 Å². The lowest BCUT2D eigenvalue weighted by Gasteiger charge is -2.45. The van der Waals surface area contributed by atoms with Gasteiger partial charge in [0.05, 0.1) is 18.8 Å². The van der Waals surface area contributed by atoms with E-state index >= 15 is 0 Å². The van der Waals surface area contributed by atoms with Crippen LogP contribution in [0.1, 0.15) is 19.8 Å². The Hall–Kier alpha value is -0.890. The first kappa shape index (κ1) is 22.4. The number of hydrogen-bond acceptors (Lipinski definition) is 10. The number of nitrogens with zero attached hydrogens (tertiary/aromatic N) is 1. The minimum atomic E-state index is -1.82. The minimum absolute atomic E-state index is 0.111. The third-order valence-corrected chi connectivity index (χ3v) is 5.07. The Labute approximate surface area is 156 Å². The lowest BCUT2D eigenvalue weighted by molar-refractivity contribution is -0.299. The number of ether oxygens (including phenoxy) is 2. The zero-order valence-corrected chi connectivity index (χ0v) is 15.0. The summed E-state index contributed by atoms with van der Waals surface area (Å²) in [4.78, 5) is 12.9. The first-order valence-corrected chi connectivity index (χ1v) is 9.01. The molecule has 0 spiro atoms. The van der Waals surface area contributed by atoms with Gasteiger partial charge in [0, 0.05) is 6.54 Å². The molecule has 7 N–H and O–H groups in total. The summed E-state index contributed by atoms with van der Waals surface area (Å²) in [7, 11) is 0. The summed E-state index contributed by atoms with van der Waals surface area (Å²) in [5.74, 6) is -1.53. The summed E-state index contributed by atoms with van der Waals surface area (Å²) in [6, 6.07) is -0.738. The average Bonchev–Trinajstić information content (AvgIpc) is 2.63. The van der Waals surface area contributed by atoms with Gasteiger partial charge in [-0.05, 0) is 13.0 Å². The van der Waals surface area contributed by atoms with E-state index in [1.807, 2.05) is 6.92 Å². The minimum Gasteiger partial charge on any atom is -0.479 e. The van der Waals surface area contributed by atoms with Crippen LogP contribution in [0, 0.1) is 0 Å². The number of carboxylic acid groups (broad SMARTS) is 1. The van der Waals surface area contributed by atoms with Gasteiger partial charge in [-0.1, -0.05) is 13.3 Å². The van der Waals surface area contributed by atoms with Crippen LogP contribution in [0.25, 0.3) is 0 Å². The van der Waals surface area contributed by atoms with Crippen LogP contribution >= 0.6 is 0 Å². The number of aliphatic hydroxyl groups is 6. The molecule has 0 unspecified atom stereocenters. The highest BCUT2D eigenvalue weighted by Crippen LogP contribution is 2.25. The second kappa shape index (κ2) is 9.54. The molecule has 2 aliphatic heterocycles. The van der Waals surface area contributed by atoms with Crippen molar-refractivity contribution in [1.29, 1.82) is 0 Å². The molecule has 158 valence electrons. The van der Waals surface area contributed by atoms with E-state index in [0.717, 1.165) is 12.8 Å². The molecule has 2 heterocycles. The van der Waals surface area contributed by atoms with Crippen molar-refractivity contribution in [2.24, 2.45) is 0 Å². The van der Waals surface area contributed by atoms with Gasteiger partial charge in [-0.2, -0.15) is 0 Å². The molecule has 27 heavy (non-hydrogen) atoms. The summed E-state index contributed by atoms with van der Waals surface area (Å²) in [5.41, 5.74) is 0. The summed E-state index contributed by atoms with van der Waals surface area (Å²) < 4.78 is 10.4. The van der Waals surface area contributed by atoms with E-state index in [1.165, 1.54) is 0 Å². The van der Waals surface area contributed by atoms with Crippen LogP contribution in [-0.2, 0) is 14.3 Å². The summed E-state index contributed by atoms with van der Waals surface area (Å²) in [6.07, 6.45) is -10.8. The van der Waals surface area contributed by atoms with Gasteiger partial charge in [-0.15, -0.1) is 0 Å².